The minimum Gasteiger partial charge on any atom is -0.378 e. The summed E-state index contributed by atoms with van der Waals surface area (Å²) >= 11 is 0. The number of aromatic nitrogens is 8. The number of H-pyrrole nitrogens is 1. The maximum Gasteiger partial charge on any atom is 0.245 e. The number of rotatable bonds is 5. The number of hydrogen-bond acceptors (Lipinski definition) is 9. The highest BCUT2D eigenvalue weighted by Gasteiger charge is 2.15. The van der Waals surface area contributed by atoms with Gasteiger partial charge in [-0.15, -0.1) is 5.10 Å². The Labute approximate surface area is 194 Å². The summed E-state index contributed by atoms with van der Waals surface area (Å²) in [5.41, 5.74) is 3.50. The molecule has 3 aromatic heterocycles. The number of hydrogen-bond donors (Lipinski definition) is 2. The minimum atomic E-state index is 0.513. The zero-order chi connectivity index (χ0) is 22.9. The number of anilines is 3. The van der Waals surface area contributed by atoms with Crippen LogP contribution in [-0.4, -0.2) is 66.2 Å². The summed E-state index contributed by atoms with van der Waals surface area (Å²) in [6.45, 7) is 4.88. The minimum absolute atomic E-state index is 0.513. The molecule has 1 aliphatic rings. The van der Waals surface area contributed by atoms with Crippen molar-refractivity contribution in [1.82, 2.24) is 39.9 Å². The summed E-state index contributed by atoms with van der Waals surface area (Å²) in [6, 6.07) is 13.8. The van der Waals surface area contributed by atoms with Gasteiger partial charge in [0.15, 0.2) is 5.82 Å². The van der Waals surface area contributed by atoms with Crippen LogP contribution in [-0.2, 0) is 4.74 Å². The molecule has 11 heteroatoms. The molecule has 5 aromatic rings. The summed E-state index contributed by atoms with van der Waals surface area (Å²) in [7, 11) is 0. The van der Waals surface area contributed by atoms with E-state index in [1.54, 1.807) is 17.2 Å². The first-order valence-electron chi connectivity index (χ1n) is 11.0. The van der Waals surface area contributed by atoms with Crippen molar-refractivity contribution in [2.24, 2.45) is 0 Å². The predicted molar refractivity (Wildman–Crippen MR) is 127 cm³/mol. The third-order valence-electron chi connectivity index (χ3n) is 5.60. The molecule has 1 fully saturated rings. The van der Waals surface area contributed by atoms with Gasteiger partial charge >= 0.3 is 0 Å². The topological polar surface area (TPSA) is 123 Å². The molecule has 0 aliphatic carbocycles. The summed E-state index contributed by atoms with van der Waals surface area (Å²) in [5.74, 6) is 2.65. The molecule has 0 amide bonds. The first-order chi connectivity index (χ1) is 16.7. The van der Waals surface area contributed by atoms with Gasteiger partial charge in [-0.05, 0) is 37.3 Å². The average molecular weight is 454 g/mol. The molecule has 0 spiro atoms. The Kier molecular flexibility index (Phi) is 5.07. The monoisotopic (exact) mass is 454 g/mol. The van der Waals surface area contributed by atoms with E-state index in [0.717, 1.165) is 52.7 Å². The highest BCUT2D eigenvalue weighted by atomic mass is 16.5. The van der Waals surface area contributed by atoms with Crippen LogP contribution in [0.2, 0.25) is 0 Å². The number of aromatic amines is 1. The molecule has 0 radical (unpaired) electrons. The van der Waals surface area contributed by atoms with Gasteiger partial charge < -0.3 is 15.0 Å². The van der Waals surface area contributed by atoms with Crippen LogP contribution >= 0.6 is 0 Å². The molecule has 11 nitrogen and oxygen atoms in total. The third kappa shape index (κ3) is 4.04. The van der Waals surface area contributed by atoms with Gasteiger partial charge in [0.05, 0.1) is 24.4 Å². The van der Waals surface area contributed by atoms with Crippen LogP contribution in [0.3, 0.4) is 0 Å². The quantitative estimate of drug-likeness (QED) is 0.413. The van der Waals surface area contributed by atoms with Crippen molar-refractivity contribution in [1.29, 1.82) is 0 Å². The van der Waals surface area contributed by atoms with Crippen LogP contribution in [0.4, 0.5) is 17.6 Å². The molecule has 2 N–H and O–H groups in total. The lowest BCUT2D eigenvalue weighted by Crippen LogP contribution is -2.37. The van der Waals surface area contributed by atoms with Crippen LogP contribution in [0, 0.1) is 6.92 Å². The number of benzene rings is 2. The van der Waals surface area contributed by atoms with E-state index in [9.17, 15) is 0 Å². The number of ether oxygens (including phenoxy) is 1. The smallest absolute Gasteiger partial charge is 0.245 e. The fraction of sp³-hybridized carbons (Fsp3) is 0.217. The van der Waals surface area contributed by atoms with Crippen molar-refractivity contribution in [2.45, 2.75) is 6.92 Å². The van der Waals surface area contributed by atoms with E-state index in [1.807, 2.05) is 49.4 Å². The Morgan fingerprint density at radius 2 is 1.85 bits per heavy atom. The van der Waals surface area contributed by atoms with E-state index >= 15 is 0 Å². The standard InChI is InChI=1S/C23H22N10O/c1-15-26-21(30-29-15)16-2-3-17-13-24-22(28-20(17)12-16)27-18-4-6-19(7-5-18)33-14-25-23(31-33)32-8-10-34-11-9-32/h2-7,12-14H,8-11H2,1H3,(H,24,27,28)(H,26,29,30). The normalized spacial score (nSPS) is 14.0. The summed E-state index contributed by atoms with van der Waals surface area (Å²) in [6.07, 6.45) is 3.53. The second-order valence-electron chi connectivity index (χ2n) is 7.97. The Morgan fingerprint density at radius 3 is 2.65 bits per heavy atom. The Morgan fingerprint density at radius 1 is 1.00 bits per heavy atom. The van der Waals surface area contributed by atoms with Crippen molar-refractivity contribution in [2.75, 3.05) is 36.5 Å². The van der Waals surface area contributed by atoms with Crippen LogP contribution in [0.1, 0.15) is 5.82 Å². The molecular weight excluding hydrogens is 432 g/mol. The lowest BCUT2D eigenvalue weighted by atomic mass is 10.1. The van der Waals surface area contributed by atoms with Gasteiger partial charge in [0.2, 0.25) is 11.9 Å². The second kappa shape index (κ2) is 8.52. The molecule has 4 heterocycles. The lowest BCUT2D eigenvalue weighted by Gasteiger charge is -2.25. The van der Waals surface area contributed by atoms with Gasteiger partial charge in [0, 0.05) is 35.9 Å². The summed E-state index contributed by atoms with van der Waals surface area (Å²) in [4.78, 5) is 20.1. The van der Waals surface area contributed by atoms with Crippen LogP contribution in [0.5, 0.6) is 0 Å². The number of nitrogens with zero attached hydrogens (tertiary/aromatic N) is 8. The van der Waals surface area contributed by atoms with Gasteiger partial charge in [-0.25, -0.2) is 19.6 Å². The molecule has 170 valence electrons. The Hall–Kier alpha value is -4.38. The molecule has 1 aliphatic heterocycles. The maximum atomic E-state index is 5.40. The number of morpholine rings is 1. The fourth-order valence-corrected chi connectivity index (χ4v) is 3.81. The van der Waals surface area contributed by atoms with Crippen LogP contribution < -0.4 is 10.2 Å². The van der Waals surface area contributed by atoms with Crippen molar-refractivity contribution >= 4 is 28.5 Å². The van der Waals surface area contributed by atoms with Crippen molar-refractivity contribution < 1.29 is 4.74 Å². The van der Waals surface area contributed by atoms with E-state index in [4.69, 9.17) is 4.74 Å². The number of fused-ring (bicyclic) bond motifs is 1. The molecule has 0 unspecified atom stereocenters. The van der Waals surface area contributed by atoms with E-state index in [2.05, 4.69) is 45.4 Å². The molecule has 0 saturated carbocycles. The average Bonchev–Trinajstić information content (AvgIpc) is 3.54. The van der Waals surface area contributed by atoms with Gasteiger partial charge in [-0.3, -0.25) is 5.10 Å². The molecule has 0 bridgehead atoms. The van der Waals surface area contributed by atoms with E-state index in [0.29, 0.717) is 25.0 Å². The number of aryl methyl sites for hydroxylation is 1. The second-order valence-corrected chi connectivity index (χ2v) is 7.97. The lowest BCUT2D eigenvalue weighted by molar-refractivity contribution is 0.122. The first kappa shape index (κ1) is 20.2. The molecule has 0 atom stereocenters. The predicted octanol–water partition coefficient (Wildman–Crippen LogP) is 2.88. The van der Waals surface area contributed by atoms with E-state index in [1.165, 1.54) is 0 Å². The Bertz CT molecular complexity index is 1440. The van der Waals surface area contributed by atoms with Gasteiger partial charge in [-0.1, -0.05) is 12.1 Å². The summed E-state index contributed by atoms with van der Waals surface area (Å²) in [5, 5.41) is 15.9. The molecule has 6 rings (SSSR count). The van der Waals surface area contributed by atoms with Gasteiger partial charge in [0.25, 0.3) is 0 Å². The zero-order valence-corrected chi connectivity index (χ0v) is 18.5. The van der Waals surface area contributed by atoms with Crippen LogP contribution in [0.15, 0.2) is 55.0 Å². The van der Waals surface area contributed by atoms with E-state index in [-0.39, 0.29) is 0 Å². The van der Waals surface area contributed by atoms with Crippen molar-refractivity contribution in [3.63, 3.8) is 0 Å². The number of nitrogens with one attached hydrogen (secondary N) is 2. The maximum absolute atomic E-state index is 5.40. The highest BCUT2D eigenvalue weighted by Crippen LogP contribution is 2.23. The SMILES string of the molecule is Cc1nc(-c2ccc3cnc(Nc4ccc(-n5cnc(N6CCOCC6)n5)cc4)nc3c2)n[nH]1. The third-order valence-corrected chi connectivity index (χ3v) is 5.60. The largest absolute Gasteiger partial charge is 0.378 e. The zero-order valence-electron chi connectivity index (χ0n) is 18.5. The molecule has 34 heavy (non-hydrogen) atoms. The molecule has 2 aromatic carbocycles. The highest BCUT2D eigenvalue weighted by molar-refractivity contribution is 5.83. The molecule has 1 saturated heterocycles. The summed E-state index contributed by atoms with van der Waals surface area (Å²) < 4.78 is 7.17. The fourth-order valence-electron chi connectivity index (χ4n) is 3.81. The Balaban J connectivity index is 1.19. The van der Waals surface area contributed by atoms with Gasteiger partial charge in [-0.2, -0.15) is 10.1 Å². The van der Waals surface area contributed by atoms with E-state index < -0.39 is 0 Å². The van der Waals surface area contributed by atoms with Crippen molar-refractivity contribution in [3.8, 4) is 17.1 Å². The van der Waals surface area contributed by atoms with Gasteiger partial charge in [0.1, 0.15) is 12.2 Å². The first-order valence-corrected chi connectivity index (χ1v) is 11.0. The molecular formula is C23H22N10O. The van der Waals surface area contributed by atoms with Crippen molar-refractivity contribution in [3.05, 3.63) is 60.8 Å². The van der Waals surface area contributed by atoms with Crippen LogP contribution in [0.25, 0.3) is 28.0 Å².